The van der Waals surface area contributed by atoms with Gasteiger partial charge in [-0.2, -0.15) is 0 Å². The molecule has 1 nitrogen and oxygen atoms in total. The van der Waals surface area contributed by atoms with Gasteiger partial charge in [0.1, 0.15) is 0 Å². The molecule has 0 aromatic carbocycles. The minimum absolute atomic E-state index is 0.922. The average Bonchev–Trinajstić information content (AvgIpc) is 2.54. The van der Waals surface area contributed by atoms with Crippen LogP contribution >= 0.6 is 11.3 Å². The fourth-order valence-corrected chi connectivity index (χ4v) is 2.18. The summed E-state index contributed by atoms with van der Waals surface area (Å²) in [6.07, 6.45) is 7.95. The molecule has 13 heavy (non-hydrogen) atoms. The number of hydrogen-bond donors (Lipinski definition) is 0. The van der Waals surface area contributed by atoms with Crippen molar-refractivity contribution in [3.8, 4) is 0 Å². The highest BCUT2D eigenvalue weighted by Crippen LogP contribution is 2.17. The molecular formula is C11H17NS. The van der Waals surface area contributed by atoms with Crippen LogP contribution in [-0.4, -0.2) is 4.98 Å². The van der Waals surface area contributed by atoms with Crippen LogP contribution in [-0.2, 0) is 12.8 Å². The molecule has 0 aliphatic carbocycles. The first-order valence-electron chi connectivity index (χ1n) is 4.90. The van der Waals surface area contributed by atoms with Gasteiger partial charge in [-0.25, -0.2) is 4.98 Å². The predicted molar refractivity (Wildman–Crippen MR) is 59.2 cm³/mol. The lowest BCUT2D eigenvalue weighted by atomic mass is 10.1. The Morgan fingerprint density at radius 3 is 3.08 bits per heavy atom. The quantitative estimate of drug-likeness (QED) is 0.499. The van der Waals surface area contributed by atoms with Crippen LogP contribution in [0.1, 0.15) is 36.8 Å². The van der Waals surface area contributed by atoms with Gasteiger partial charge in [0.15, 0.2) is 0 Å². The van der Waals surface area contributed by atoms with Crippen molar-refractivity contribution >= 4 is 11.3 Å². The highest BCUT2D eigenvalue weighted by atomic mass is 32.1. The molecule has 0 saturated carbocycles. The number of thiazole rings is 1. The Balaban J connectivity index is 2.44. The van der Waals surface area contributed by atoms with Crippen LogP contribution in [0.2, 0.25) is 0 Å². The summed E-state index contributed by atoms with van der Waals surface area (Å²) >= 11 is 1.78. The first kappa shape index (κ1) is 10.5. The lowest BCUT2D eigenvalue weighted by Crippen LogP contribution is -1.89. The minimum atomic E-state index is 0.922. The van der Waals surface area contributed by atoms with Crippen LogP contribution in [0.5, 0.6) is 0 Å². The molecule has 1 aromatic heterocycles. The number of nitrogens with zero attached hydrogens (tertiary/aromatic N) is 1. The molecule has 0 aliphatic rings. The second-order valence-corrected chi connectivity index (χ2v) is 4.11. The second-order valence-electron chi connectivity index (χ2n) is 3.17. The number of aryl methyl sites for hydroxylation is 1. The van der Waals surface area contributed by atoms with Crippen molar-refractivity contribution in [2.24, 2.45) is 0 Å². The molecule has 0 radical (unpaired) electrons. The van der Waals surface area contributed by atoms with Gasteiger partial charge in [-0.15, -0.1) is 17.9 Å². The summed E-state index contributed by atoms with van der Waals surface area (Å²) in [5.74, 6) is 0. The highest BCUT2D eigenvalue weighted by Gasteiger charge is 2.03. The second kappa shape index (κ2) is 5.92. The van der Waals surface area contributed by atoms with Gasteiger partial charge in [-0.05, 0) is 12.8 Å². The summed E-state index contributed by atoms with van der Waals surface area (Å²) in [7, 11) is 0. The third-order valence-electron chi connectivity index (χ3n) is 2.07. The first-order valence-corrected chi connectivity index (χ1v) is 5.78. The molecule has 72 valence electrons. The molecule has 0 aliphatic heterocycles. The summed E-state index contributed by atoms with van der Waals surface area (Å²) in [5, 5.41) is 0. The highest BCUT2D eigenvalue weighted by molar-refractivity contribution is 7.09. The Morgan fingerprint density at radius 2 is 2.38 bits per heavy atom. The zero-order valence-corrected chi connectivity index (χ0v) is 9.07. The molecule has 0 fully saturated rings. The van der Waals surface area contributed by atoms with Crippen molar-refractivity contribution in [2.45, 2.75) is 39.0 Å². The Kier molecular flexibility index (Phi) is 4.76. The maximum Gasteiger partial charge on any atom is 0.0797 e. The number of rotatable bonds is 6. The van der Waals surface area contributed by atoms with Gasteiger partial charge in [-0.1, -0.05) is 25.8 Å². The average molecular weight is 195 g/mol. The normalized spacial score (nSPS) is 10.2. The Morgan fingerprint density at radius 1 is 1.54 bits per heavy atom. The molecule has 0 atom stereocenters. The Labute approximate surface area is 84.5 Å². The van der Waals surface area contributed by atoms with E-state index in [4.69, 9.17) is 0 Å². The van der Waals surface area contributed by atoms with Crippen LogP contribution < -0.4 is 0 Å². The molecule has 0 saturated heterocycles. The smallest absolute Gasteiger partial charge is 0.0797 e. The van der Waals surface area contributed by atoms with Crippen LogP contribution in [0, 0.1) is 0 Å². The van der Waals surface area contributed by atoms with E-state index in [9.17, 15) is 0 Å². The van der Waals surface area contributed by atoms with E-state index >= 15 is 0 Å². The zero-order valence-electron chi connectivity index (χ0n) is 8.25. The van der Waals surface area contributed by atoms with Gasteiger partial charge in [0.2, 0.25) is 0 Å². The van der Waals surface area contributed by atoms with E-state index in [-0.39, 0.29) is 0 Å². The Hall–Kier alpha value is -0.630. The van der Waals surface area contributed by atoms with E-state index in [0.29, 0.717) is 0 Å². The van der Waals surface area contributed by atoms with Crippen molar-refractivity contribution in [2.75, 3.05) is 0 Å². The van der Waals surface area contributed by atoms with Gasteiger partial charge >= 0.3 is 0 Å². The molecule has 0 bridgehead atoms. The largest absolute Gasteiger partial charge is 0.249 e. The molecule has 1 rings (SSSR count). The first-order chi connectivity index (χ1) is 6.38. The number of aromatic nitrogens is 1. The fraction of sp³-hybridized carbons (Fsp3) is 0.545. The van der Waals surface area contributed by atoms with E-state index in [1.807, 2.05) is 11.6 Å². The van der Waals surface area contributed by atoms with E-state index in [0.717, 1.165) is 6.42 Å². The van der Waals surface area contributed by atoms with Crippen molar-refractivity contribution in [3.63, 3.8) is 0 Å². The van der Waals surface area contributed by atoms with Crippen molar-refractivity contribution in [3.05, 3.63) is 28.7 Å². The lowest BCUT2D eigenvalue weighted by molar-refractivity contribution is 0.719. The van der Waals surface area contributed by atoms with Gasteiger partial charge < -0.3 is 0 Å². The SMILES string of the molecule is C=CCc1ncsc1CCCCC. The molecule has 1 aromatic rings. The number of hydrogen-bond acceptors (Lipinski definition) is 2. The number of allylic oxidation sites excluding steroid dienone is 1. The van der Waals surface area contributed by atoms with Gasteiger partial charge in [-0.3, -0.25) is 0 Å². The Bertz CT molecular complexity index is 252. The van der Waals surface area contributed by atoms with Gasteiger partial charge in [0, 0.05) is 11.3 Å². The predicted octanol–water partition coefficient (Wildman–Crippen LogP) is 3.60. The minimum Gasteiger partial charge on any atom is -0.249 e. The fourth-order valence-electron chi connectivity index (χ4n) is 1.34. The van der Waals surface area contributed by atoms with E-state index in [2.05, 4.69) is 18.5 Å². The summed E-state index contributed by atoms with van der Waals surface area (Å²) in [4.78, 5) is 5.78. The van der Waals surface area contributed by atoms with Crippen molar-refractivity contribution in [1.82, 2.24) is 4.98 Å². The standard InChI is InChI=1S/C11H17NS/c1-3-5-6-8-11-10(7-4-2)12-9-13-11/h4,9H,2-3,5-8H2,1H3. The third kappa shape index (κ3) is 3.31. The van der Waals surface area contributed by atoms with Crippen LogP contribution in [0.25, 0.3) is 0 Å². The molecule has 0 unspecified atom stereocenters. The summed E-state index contributed by atoms with van der Waals surface area (Å²) < 4.78 is 0. The zero-order chi connectivity index (χ0) is 9.52. The number of unbranched alkanes of at least 4 members (excludes halogenated alkanes) is 2. The maximum absolute atomic E-state index is 4.33. The topological polar surface area (TPSA) is 12.9 Å². The molecular weight excluding hydrogens is 178 g/mol. The van der Waals surface area contributed by atoms with E-state index < -0.39 is 0 Å². The molecule has 0 amide bonds. The summed E-state index contributed by atoms with van der Waals surface area (Å²) in [6.45, 7) is 5.97. The molecule has 2 heteroatoms. The summed E-state index contributed by atoms with van der Waals surface area (Å²) in [5.41, 5.74) is 3.18. The maximum atomic E-state index is 4.33. The lowest BCUT2D eigenvalue weighted by Gasteiger charge is -1.98. The van der Waals surface area contributed by atoms with Crippen molar-refractivity contribution in [1.29, 1.82) is 0 Å². The van der Waals surface area contributed by atoms with Gasteiger partial charge in [0.25, 0.3) is 0 Å². The molecule has 0 spiro atoms. The monoisotopic (exact) mass is 195 g/mol. The molecule has 1 heterocycles. The van der Waals surface area contributed by atoms with Crippen LogP contribution in [0.4, 0.5) is 0 Å². The van der Waals surface area contributed by atoms with Gasteiger partial charge in [0.05, 0.1) is 11.2 Å². The van der Waals surface area contributed by atoms with E-state index in [1.165, 1.54) is 36.3 Å². The van der Waals surface area contributed by atoms with Crippen molar-refractivity contribution < 1.29 is 0 Å². The van der Waals surface area contributed by atoms with Crippen LogP contribution in [0.15, 0.2) is 18.2 Å². The molecule has 0 N–H and O–H groups in total. The third-order valence-corrected chi connectivity index (χ3v) is 3.01. The van der Waals surface area contributed by atoms with Crippen LogP contribution in [0.3, 0.4) is 0 Å². The summed E-state index contributed by atoms with van der Waals surface area (Å²) in [6, 6.07) is 0. The van der Waals surface area contributed by atoms with E-state index in [1.54, 1.807) is 11.3 Å².